The maximum atomic E-state index is 5.91. The molecule has 2 aromatic heterocycles. The normalized spacial score (nSPS) is 10.8. The van der Waals surface area contributed by atoms with Crippen molar-refractivity contribution in [1.82, 2.24) is 9.38 Å². The van der Waals surface area contributed by atoms with Crippen molar-refractivity contribution in [2.24, 2.45) is 0 Å². The van der Waals surface area contributed by atoms with Gasteiger partial charge >= 0.3 is 0 Å². The predicted molar refractivity (Wildman–Crippen MR) is 53.4 cm³/mol. The van der Waals surface area contributed by atoms with Crippen LogP contribution in [0, 0.1) is 0 Å². The summed E-state index contributed by atoms with van der Waals surface area (Å²) in [5.74, 6) is 0. The average Bonchev–Trinajstić information content (AvgIpc) is 2.29. The molecule has 0 radical (unpaired) electrons. The Morgan fingerprint density at radius 3 is 2.83 bits per heavy atom. The number of fused-ring (bicyclic) bond motifs is 1. The van der Waals surface area contributed by atoms with Crippen LogP contribution in [0.25, 0.3) is 5.65 Å². The van der Waals surface area contributed by atoms with Crippen LogP contribution in [0.15, 0.2) is 18.3 Å². The maximum absolute atomic E-state index is 5.91. The molecule has 0 saturated carbocycles. The number of hydrogen-bond acceptors (Lipinski definition) is 1. The fourth-order valence-corrected chi connectivity index (χ4v) is 1.63. The van der Waals surface area contributed by atoms with Crippen LogP contribution in [-0.4, -0.2) is 17.2 Å². The van der Waals surface area contributed by atoms with Gasteiger partial charge in [-0.05, 0) is 6.07 Å². The van der Waals surface area contributed by atoms with Crippen molar-refractivity contribution in [3.05, 3.63) is 28.6 Å². The highest BCUT2D eigenvalue weighted by atomic mass is 35.5. The first-order valence-electron chi connectivity index (χ1n) is 3.47. The van der Waals surface area contributed by atoms with Gasteiger partial charge in [-0.2, -0.15) is 0 Å². The molecule has 0 unspecified atom stereocenters. The second-order valence-electron chi connectivity index (χ2n) is 2.65. The maximum Gasteiger partial charge on any atom is 0.141 e. The molecule has 0 aromatic carbocycles. The van der Waals surface area contributed by atoms with E-state index in [9.17, 15) is 0 Å². The minimum absolute atomic E-state index is 0.422. The monoisotopic (exact) mass is 198 g/mol. The zero-order chi connectivity index (χ0) is 8.72. The molecule has 2 aromatic rings. The Balaban J connectivity index is 2.88. The van der Waals surface area contributed by atoms with Crippen LogP contribution in [0.4, 0.5) is 0 Å². The lowest BCUT2D eigenvalue weighted by Gasteiger charge is -1.97. The van der Waals surface area contributed by atoms with Gasteiger partial charge in [0.2, 0.25) is 0 Å². The second-order valence-corrected chi connectivity index (χ2v) is 3.42. The van der Waals surface area contributed by atoms with Gasteiger partial charge in [0.05, 0.1) is 0 Å². The zero-order valence-electron chi connectivity index (χ0n) is 6.38. The molecular weight excluding hydrogens is 194 g/mol. The summed E-state index contributed by atoms with van der Waals surface area (Å²) in [5.41, 5.74) is 1.90. The van der Waals surface area contributed by atoms with Gasteiger partial charge in [-0.15, -0.1) is 0 Å². The third-order valence-corrected chi connectivity index (χ3v) is 2.11. The zero-order valence-corrected chi connectivity index (χ0v) is 7.89. The summed E-state index contributed by atoms with van der Waals surface area (Å²) >= 11 is 11.6. The number of halogens is 2. The molecule has 0 fully saturated rings. The molecule has 0 aliphatic heterocycles. The first kappa shape index (κ1) is 7.96. The molecule has 0 aliphatic carbocycles. The number of rotatable bonds is 0. The molecule has 0 bridgehead atoms. The Labute approximate surface area is 80.5 Å². The van der Waals surface area contributed by atoms with E-state index in [1.807, 2.05) is 20.1 Å². The van der Waals surface area contributed by atoms with Crippen molar-refractivity contribution in [2.45, 2.75) is 0 Å². The molecule has 60 valence electrons. The topological polar surface area (TPSA) is 17.3 Å². The number of nitrogens with zero attached hydrogens (tertiary/aromatic N) is 2. The van der Waals surface area contributed by atoms with Crippen molar-refractivity contribution in [1.29, 1.82) is 0 Å². The summed E-state index contributed by atoms with van der Waals surface area (Å²) in [6.45, 7) is 0. The van der Waals surface area contributed by atoms with Gasteiger partial charge in [-0.3, -0.25) is 4.40 Å². The Bertz CT molecular complexity index is 438. The Hall–Kier alpha value is -0.665. The molecular formula is C7H5BCl2N2. The molecule has 0 spiro atoms. The molecule has 2 nitrogen and oxygen atoms in total. The third kappa shape index (κ3) is 1.19. The van der Waals surface area contributed by atoms with Crippen LogP contribution in [0.1, 0.15) is 0 Å². The fraction of sp³-hybridized carbons (Fsp3) is 0. The molecule has 12 heavy (non-hydrogen) atoms. The lowest BCUT2D eigenvalue weighted by Crippen LogP contribution is -1.94. The Morgan fingerprint density at radius 1 is 1.33 bits per heavy atom. The summed E-state index contributed by atoms with van der Waals surface area (Å²) in [5, 5.41) is 1.00. The van der Waals surface area contributed by atoms with E-state index in [4.69, 9.17) is 23.2 Å². The quantitative estimate of drug-likeness (QED) is 0.455. The third-order valence-electron chi connectivity index (χ3n) is 1.63. The number of aromatic nitrogens is 2. The van der Waals surface area contributed by atoms with Gasteiger partial charge in [-0.1, -0.05) is 28.7 Å². The molecule has 0 N–H and O–H groups in total. The molecule has 0 aliphatic rings. The average molecular weight is 199 g/mol. The van der Waals surface area contributed by atoms with E-state index < -0.39 is 0 Å². The Kier molecular flexibility index (Phi) is 1.78. The van der Waals surface area contributed by atoms with Crippen molar-refractivity contribution in [3.8, 4) is 0 Å². The van der Waals surface area contributed by atoms with Crippen molar-refractivity contribution < 1.29 is 0 Å². The lowest BCUT2D eigenvalue weighted by molar-refractivity contribution is 1.14. The van der Waals surface area contributed by atoms with Crippen LogP contribution >= 0.6 is 23.2 Å². The molecule has 0 atom stereocenters. The SMILES string of the molecule is Bc1cc2nc(Cl)cc(Cl)n2c1. The van der Waals surface area contributed by atoms with E-state index in [2.05, 4.69) is 4.98 Å². The van der Waals surface area contributed by atoms with E-state index in [0.717, 1.165) is 11.1 Å². The minimum Gasteiger partial charge on any atom is -0.292 e. The largest absolute Gasteiger partial charge is 0.292 e. The predicted octanol–water partition coefficient (Wildman–Crippen LogP) is 0.899. The summed E-state index contributed by atoms with van der Waals surface area (Å²) in [4.78, 5) is 4.10. The van der Waals surface area contributed by atoms with Gasteiger partial charge < -0.3 is 0 Å². The molecule has 0 saturated heterocycles. The molecule has 5 heteroatoms. The van der Waals surface area contributed by atoms with E-state index in [-0.39, 0.29) is 0 Å². The standard InChI is InChI=1S/C7H5BCl2N2/c8-4-1-7-11-5(9)2-6(10)12(7)3-4/h1-3H,8H2. The van der Waals surface area contributed by atoms with Crippen LogP contribution in [-0.2, 0) is 0 Å². The number of hydrogen-bond donors (Lipinski definition) is 0. The highest BCUT2D eigenvalue weighted by Crippen LogP contribution is 2.15. The summed E-state index contributed by atoms with van der Waals surface area (Å²) in [7, 11) is 1.99. The van der Waals surface area contributed by atoms with Gasteiger partial charge in [0, 0.05) is 12.3 Å². The van der Waals surface area contributed by atoms with Crippen LogP contribution in [0.5, 0.6) is 0 Å². The molecule has 2 heterocycles. The summed E-state index contributed by atoms with van der Waals surface area (Å²) in [6, 6.07) is 3.55. The Morgan fingerprint density at radius 2 is 2.08 bits per heavy atom. The second kappa shape index (κ2) is 2.68. The van der Waals surface area contributed by atoms with Gasteiger partial charge in [-0.25, -0.2) is 4.98 Å². The van der Waals surface area contributed by atoms with Crippen LogP contribution in [0.3, 0.4) is 0 Å². The highest BCUT2D eigenvalue weighted by Gasteiger charge is 2.02. The highest BCUT2D eigenvalue weighted by molar-refractivity contribution is 6.35. The van der Waals surface area contributed by atoms with Gasteiger partial charge in [0.25, 0.3) is 0 Å². The van der Waals surface area contributed by atoms with E-state index in [1.165, 1.54) is 0 Å². The smallest absolute Gasteiger partial charge is 0.141 e. The van der Waals surface area contributed by atoms with Crippen molar-refractivity contribution in [2.75, 3.05) is 0 Å². The van der Waals surface area contributed by atoms with E-state index in [0.29, 0.717) is 10.3 Å². The van der Waals surface area contributed by atoms with Crippen molar-refractivity contribution >= 4 is 42.2 Å². The van der Waals surface area contributed by atoms with Crippen molar-refractivity contribution in [3.63, 3.8) is 0 Å². The lowest BCUT2D eigenvalue weighted by atomic mass is 10.0. The van der Waals surface area contributed by atoms with Crippen LogP contribution in [0.2, 0.25) is 10.3 Å². The van der Waals surface area contributed by atoms with E-state index >= 15 is 0 Å². The minimum atomic E-state index is 0.422. The summed E-state index contributed by atoms with van der Waals surface area (Å²) in [6.07, 6.45) is 1.92. The van der Waals surface area contributed by atoms with Gasteiger partial charge in [0.15, 0.2) is 0 Å². The fourth-order valence-electron chi connectivity index (χ4n) is 1.15. The van der Waals surface area contributed by atoms with Crippen LogP contribution < -0.4 is 5.46 Å². The summed E-state index contributed by atoms with van der Waals surface area (Å²) < 4.78 is 1.79. The molecule has 0 amide bonds. The first-order chi connectivity index (χ1) is 5.66. The van der Waals surface area contributed by atoms with Gasteiger partial charge in [0.1, 0.15) is 23.8 Å². The van der Waals surface area contributed by atoms with E-state index in [1.54, 1.807) is 10.5 Å². The molecule has 2 rings (SSSR count). The first-order valence-corrected chi connectivity index (χ1v) is 4.23.